The van der Waals surface area contributed by atoms with Crippen molar-refractivity contribution in [2.75, 3.05) is 0 Å². The number of hydrogen-bond acceptors (Lipinski definition) is 2. The monoisotopic (exact) mass is 195 g/mol. The lowest BCUT2D eigenvalue weighted by Gasteiger charge is -2.27. The smallest absolute Gasteiger partial charge is 0.320 e. The lowest BCUT2D eigenvalue weighted by Crippen LogP contribution is -2.47. The second-order valence-electron chi connectivity index (χ2n) is 3.39. The molecule has 2 nitrogen and oxygen atoms in total. The predicted octanol–water partition coefficient (Wildman–Crippen LogP) is 1.64. The zero-order valence-corrected chi connectivity index (χ0v) is 7.10. The van der Waals surface area contributed by atoms with E-state index >= 15 is 0 Å². The number of halogens is 3. The molecule has 2 atom stereocenters. The van der Waals surface area contributed by atoms with Crippen molar-refractivity contribution in [3.8, 4) is 0 Å². The first kappa shape index (κ1) is 10.5. The highest BCUT2D eigenvalue weighted by molar-refractivity contribution is 5.82. The zero-order valence-electron chi connectivity index (χ0n) is 7.10. The van der Waals surface area contributed by atoms with Gasteiger partial charge in [-0.3, -0.25) is 4.79 Å². The third-order valence-corrected chi connectivity index (χ3v) is 2.41. The summed E-state index contributed by atoms with van der Waals surface area (Å²) >= 11 is 0. The first-order chi connectivity index (χ1) is 5.93. The van der Waals surface area contributed by atoms with Crippen molar-refractivity contribution in [2.45, 2.75) is 37.9 Å². The van der Waals surface area contributed by atoms with Crippen LogP contribution in [0.1, 0.15) is 25.7 Å². The molecule has 13 heavy (non-hydrogen) atoms. The topological polar surface area (TPSA) is 43.1 Å². The average Bonchev–Trinajstić information content (AvgIpc) is 2.02. The van der Waals surface area contributed by atoms with Gasteiger partial charge in [0.2, 0.25) is 0 Å². The van der Waals surface area contributed by atoms with Gasteiger partial charge in [0, 0.05) is 12.3 Å². The number of hydrogen-bond donors (Lipinski definition) is 1. The Labute approximate surface area is 74.3 Å². The van der Waals surface area contributed by atoms with E-state index in [0.717, 1.165) is 0 Å². The fourth-order valence-electron chi connectivity index (χ4n) is 1.62. The molecule has 5 heteroatoms. The highest BCUT2D eigenvalue weighted by Gasteiger charge is 2.44. The standard InChI is InChI=1S/C8H12F3NO/c9-8(10,11)7(12)5-3-1-2-4-6(5)13/h5,7H,1-4,12H2. The lowest BCUT2D eigenvalue weighted by molar-refractivity contribution is -0.166. The van der Waals surface area contributed by atoms with Gasteiger partial charge in [-0.05, 0) is 12.8 Å². The molecule has 0 heterocycles. The van der Waals surface area contributed by atoms with Gasteiger partial charge in [0.05, 0.1) is 0 Å². The Balaban J connectivity index is 2.64. The van der Waals surface area contributed by atoms with Crippen LogP contribution in [-0.4, -0.2) is 18.0 Å². The molecule has 0 aliphatic heterocycles. The second kappa shape index (κ2) is 3.65. The molecule has 1 saturated carbocycles. The molecule has 1 rings (SSSR count). The van der Waals surface area contributed by atoms with Crippen LogP contribution in [0.2, 0.25) is 0 Å². The molecule has 76 valence electrons. The fourth-order valence-corrected chi connectivity index (χ4v) is 1.62. The van der Waals surface area contributed by atoms with Crippen LogP contribution in [-0.2, 0) is 4.79 Å². The van der Waals surface area contributed by atoms with Crippen LogP contribution < -0.4 is 5.73 Å². The maximum absolute atomic E-state index is 12.1. The molecule has 0 spiro atoms. The summed E-state index contributed by atoms with van der Waals surface area (Å²) in [6.45, 7) is 0. The molecule has 1 aliphatic rings. The Hall–Kier alpha value is -0.580. The van der Waals surface area contributed by atoms with Gasteiger partial charge >= 0.3 is 6.18 Å². The van der Waals surface area contributed by atoms with Crippen LogP contribution in [0.25, 0.3) is 0 Å². The van der Waals surface area contributed by atoms with Gasteiger partial charge in [-0.2, -0.15) is 13.2 Å². The van der Waals surface area contributed by atoms with Crippen molar-refractivity contribution in [1.82, 2.24) is 0 Å². The van der Waals surface area contributed by atoms with Gasteiger partial charge in [-0.15, -0.1) is 0 Å². The predicted molar refractivity (Wildman–Crippen MR) is 41.0 cm³/mol. The maximum Gasteiger partial charge on any atom is 0.404 e. The number of Topliss-reactive ketones (excluding diaryl/α,β-unsaturated/α-hetero) is 1. The van der Waals surface area contributed by atoms with E-state index < -0.39 is 18.1 Å². The summed E-state index contributed by atoms with van der Waals surface area (Å²) in [5.41, 5.74) is 4.97. The zero-order chi connectivity index (χ0) is 10.1. The van der Waals surface area contributed by atoms with Gasteiger partial charge in [-0.1, -0.05) is 6.42 Å². The summed E-state index contributed by atoms with van der Waals surface area (Å²) in [5, 5.41) is 0. The third-order valence-electron chi connectivity index (χ3n) is 2.41. The normalized spacial score (nSPS) is 27.4. The molecule has 0 amide bonds. The molecule has 0 aromatic heterocycles. The van der Waals surface area contributed by atoms with E-state index in [1.54, 1.807) is 0 Å². The molecule has 0 bridgehead atoms. The number of ketones is 1. The van der Waals surface area contributed by atoms with Crippen molar-refractivity contribution in [1.29, 1.82) is 0 Å². The number of rotatable bonds is 1. The van der Waals surface area contributed by atoms with Crippen molar-refractivity contribution >= 4 is 5.78 Å². The first-order valence-electron chi connectivity index (χ1n) is 4.28. The average molecular weight is 195 g/mol. The Morgan fingerprint density at radius 2 is 2.00 bits per heavy atom. The Morgan fingerprint density at radius 1 is 1.38 bits per heavy atom. The highest BCUT2D eigenvalue weighted by Crippen LogP contribution is 2.31. The first-order valence-corrected chi connectivity index (χ1v) is 4.28. The molecular weight excluding hydrogens is 183 g/mol. The minimum absolute atomic E-state index is 0.244. The molecule has 0 aromatic rings. The second-order valence-corrected chi connectivity index (χ2v) is 3.39. The van der Waals surface area contributed by atoms with Crippen LogP contribution in [0.3, 0.4) is 0 Å². The van der Waals surface area contributed by atoms with Crippen LogP contribution >= 0.6 is 0 Å². The summed E-state index contributed by atoms with van der Waals surface area (Å²) in [7, 11) is 0. The maximum atomic E-state index is 12.1. The van der Waals surface area contributed by atoms with E-state index in [1.165, 1.54) is 0 Å². The van der Waals surface area contributed by atoms with E-state index in [0.29, 0.717) is 12.8 Å². The van der Waals surface area contributed by atoms with Crippen molar-refractivity contribution in [3.05, 3.63) is 0 Å². The minimum Gasteiger partial charge on any atom is -0.320 e. The van der Waals surface area contributed by atoms with E-state index in [2.05, 4.69) is 0 Å². The van der Waals surface area contributed by atoms with E-state index in [4.69, 9.17) is 5.73 Å². The quantitative estimate of drug-likeness (QED) is 0.691. The van der Waals surface area contributed by atoms with Crippen LogP contribution in [0, 0.1) is 5.92 Å². The third kappa shape index (κ3) is 2.43. The number of alkyl halides is 3. The van der Waals surface area contributed by atoms with E-state index in [9.17, 15) is 18.0 Å². The fraction of sp³-hybridized carbons (Fsp3) is 0.875. The van der Waals surface area contributed by atoms with Crippen LogP contribution in [0.15, 0.2) is 0 Å². The summed E-state index contributed by atoms with van der Waals surface area (Å²) in [6.07, 6.45) is -2.56. The van der Waals surface area contributed by atoms with E-state index in [-0.39, 0.29) is 18.6 Å². The lowest BCUT2D eigenvalue weighted by atomic mass is 9.83. The number of carbonyl (C=O) groups is 1. The molecule has 0 saturated heterocycles. The summed E-state index contributed by atoms with van der Waals surface area (Å²) in [4.78, 5) is 11.1. The molecule has 2 N–H and O–H groups in total. The summed E-state index contributed by atoms with van der Waals surface area (Å²) < 4.78 is 36.4. The van der Waals surface area contributed by atoms with Gasteiger partial charge in [-0.25, -0.2) is 0 Å². The summed E-state index contributed by atoms with van der Waals surface area (Å²) in [6, 6.07) is -1.97. The molecule has 1 aliphatic carbocycles. The molecule has 0 aromatic carbocycles. The van der Waals surface area contributed by atoms with Crippen LogP contribution in [0.4, 0.5) is 13.2 Å². The molecule has 0 radical (unpaired) electrons. The summed E-state index contributed by atoms with van der Waals surface area (Å²) in [5.74, 6) is -1.34. The number of carbonyl (C=O) groups excluding carboxylic acids is 1. The molecule has 2 unspecified atom stereocenters. The van der Waals surface area contributed by atoms with Crippen molar-refractivity contribution in [3.63, 3.8) is 0 Å². The van der Waals surface area contributed by atoms with Gasteiger partial charge in [0.25, 0.3) is 0 Å². The molecule has 1 fully saturated rings. The van der Waals surface area contributed by atoms with E-state index in [1.807, 2.05) is 0 Å². The van der Waals surface area contributed by atoms with Crippen molar-refractivity contribution < 1.29 is 18.0 Å². The number of nitrogens with two attached hydrogens (primary N) is 1. The van der Waals surface area contributed by atoms with Gasteiger partial charge in [0.15, 0.2) is 0 Å². The largest absolute Gasteiger partial charge is 0.404 e. The molecular formula is C8H12F3NO. The van der Waals surface area contributed by atoms with Crippen LogP contribution in [0.5, 0.6) is 0 Å². The van der Waals surface area contributed by atoms with Gasteiger partial charge in [0.1, 0.15) is 11.8 Å². The minimum atomic E-state index is -4.45. The van der Waals surface area contributed by atoms with Gasteiger partial charge < -0.3 is 5.73 Å². The highest BCUT2D eigenvalue weighted by atomic mass is 19.4. The SMILES string of the molecule is NC(C1CCCCC1=O)C(F)(F)F. The Morgan fingerprint density at radius 3 is 2.46 bits per heavy atom. The Kier molecular flexibility index (Phi) is 2.95. The van der Waals surface area contributed by atoms with Crippen molar-refractivity contribution in [2.24, 2.45) is 11.7 Å². The Bertz CT molecular complexity index is 202.